The molecule has 0 saturated heterocycles. The van der Waals surface area contributed by atoms with E-state index < -0.39 is 16.7 Å². The van der Waals surface area contributed by atoms with Crippen LogP contribution in [0.5, 0.6) is 0 Å². The molecule has 2 unspecified atom stereocenters. The van der Waals surface area contributed by atoms with Gasteiger partial charge in [0.1, 0.15) is 4.92 Å². The van der Waals surface area contributed by atoms with Gasteiger partial charge in [0.2, 0.25) is 0 Å². The number of rotatable bonds is 3. The Morgan fingerprint density at radius 1 is 1.33 bits per heavy atom. The number of furan rings is 1. The van der Waals surface area contributed by atoms with Gasteiger partial charge in [-0.15, -0.1) is 0 Å². The Morgan fingerprint density at radius 2 is 2.10 bits per heavy atom. The highest BCUT2D eigenvalue weighted by atomic mass is 79.9. The van der Waals surface area contributed by atoms with E-state index in [9.17, 15) is 14.9 Å². The highest BCUT2D eigenvalue weighted by molar-refractivity contribution is 9.09. The Balaban J connectivity index is 1.80. The van der Waals surface area contributed by atoms with Crippen LogP contribution in [0.2, 0.25) is 0 Å². The lowest BCUT2D eigenvalue weighted by Gasteiger charge is -2.16. The summed E-state index contributed by atoms with van der Waals surface area (Å²) in [6.45, 7) is 0. The molecule has 1 aromatic carbocycles. The first-order valence-electron chi connectivity index (χ1n) is 6.33. The van der Waals surface area contributed by atoms with Gasteiger partial charge in [-0.05, 0) is 23.6 Å². The van der Waals surface area contributed by atoms with Gasteiger partial charge in [0.15, 0.2) is 5.76 Å². The Kier molecular flexibility index (Phi) is 3.50. The normalized spacial score (nSPS) is 20.0. The topological polar surface area (TPSA) is 85.4 Å². The van der Waals surface area contributed by atoms with Crippen molar-refractivity contribution in [2.24, 2.45) is 0 Å². The summed E-state index contributed by atoms with van der Waals surface area (Å²) in [5.74, 6) is -0.970. The average molecular weight is 351 g/mol. The third kappa shape index (κ3) is 2.56. The van der Waals surface area contributed by atoms with Crippen LogP contribution in [0.3, 0.4) is 0 Å². The Morgan fingerprint density at radius 3 is 2.81 bits per heavy atom. The summed E-state index contributed by atoms with van der Waals surface area (Å²) in [5.41, 5.74) is 2.23. The Bertz CT molecular complexity index is 713. The van der Waals surface area contributed by atoms with Crippen LogP contribution in [-0.4, -0.2) is 15.7 Å². The maximum atomic E-state index is 12.1. The van der Waals surface area contributed by atoms with Crippen molar-refractivity contribution in [1.29, 1.82) is 0 Å². The third-order valence-corrected chi connectivity index (χ3v) is 4.30. The molecule has 0 aliphatic heterocycles. The molecule has 1 aromatic heterocycles. The number of carbonyl (C=O) groups is 1. The second-order valence-electron chi connectivity index (χ2n) is 4.77. The van der Waals surface area contributed by atoms with Gasteiger partial charge in [-0.1, -0.05) is 40.2 Å². The van der Waals surface area contributed by atoms with E-state index in [0.29, 0.717) is 0 Å². The largest absolute Gasteiger partial charge is 0.433 e. The number of alkyl halides is 1. The summed E-state index contributed by atoms with van der Waals surface area (Å²) in [5, 5.41) is 13.4. The molecule has 6 nitrogen and oxygen atoms in total. The van der Waals surface area contributed by atoms with Crippen molar-refractivity contribution in [2.75, 3.05) is 0 Å². The first kappa shape index (κ1) is 13.8. The smallest absolute Gasteiger partial charge is 0.395 e. The zero-order chi connectivity index (χ0) is 15.0. The number of halogens is 1. The molecule has 3 rings (SSSR count). The third-order valence-electron chi connectivity index (χ3n) is 3.45. The highest BCUT2D eigenvalue weighted by Gasteiger charge is 2.32. The molecular formula is C14H11BrN2O4. The number of nitrogens with one attached hydrogen (secondary N) is 1. The second kappa shape index (κ2) is 5.33. The van der Waals surface area contributed by atoms with E-state index >= 15 is 0 Å². The van der Waals surface area contributed by atoms with Gasteiger partial charge in [0.25, 0.3) is 5.91 Å². The van der Waals surface area contributed by atoms with Crippen LogP contribution in [0, 0.1) is 10.1 Å². The van der Waals surface area contributed by atoms with Crippen molar-refractivity contribution in [1.82, 2.24) is 5.32 Å². The number of amides is 1. The van der Waals surface area contributed by atoms with Crippen molar-refractivity contribution in [3.05, 3.63) is 63.4 Å². The van der Waals surface area contributed by atoms with Gasteiger partial charge in [0.05, 0.1) is 12.1 Å². The molecule has 1 aliphatic rings. The molecule has 1 aliphatic carbocycles. The minimum Gasteiger partial charge on any atom is -0.395 e. The van der Waals surface area contributed by atoms with Crippen molar-refractivity contribution in [3.63, 3.8) is 0 Å². The molecule has 0 spiro atoms. The van der Waals surface area contributed by atoms with Gasteiger partial charge in [-0.2, -0.15) is 0 Å². The second-order valence-corrected chi connectivity index (χ2v) is 5.94. The van der Waals surface area contributed by atoms with Crippen LogP contribution in [0.15, 0.2) is 40.8 Å². The summed E-state index contributed by atoms with van der Waals surface area (Å²) in [6.07, 6.45) is 0.819. The first-order valence-corrected chi connectivity index (χ1v) is 7.25. The fraction of sp³-hybridized carbons (Fsp3) is 0.214. The SMILES string of the molecule is O=C(NC1c2ccccc2CC1Br)c1ccc([N+](=O)[O-])o1. The van der Waals surface area contributed by atoms with Crippen LogP contribution in [0.4, 0.5) is 5.88 Å². The summed E-state index contributed by atoms with van der Waals surface area (Å²) < 4.78 is 4.91. The number of fused-ring (bicyclic) bond motifs is 1. The maximum Gasteiger partial charge on any atom is 0.433 e. The van der Waals surface area contributed by atoms with Crippen LogP contribution < -0.4 is 5.32 Å². The molecule has 108 valence electrons. The number of hydrogen-bond donors (Lipinski definition) is 1. The molecule has 1 amide bonds. The zero-order valence-electron chi connectivity index (χ0n) is 10.8. The van der Waals surface area contributed by atoms with E-state index in [1.54, 1.807) is 0 Å². The van der Waals surface area contributed by atoms with E-state index in [4.69, 9.17) is 4.42 Å². The standard InChI is InChI=1S/C14H11BrN2O4/c15-10-7-8-3-1-2-4-9(8)13(10)16-14(18)11-5-6-12(21-11)17(19)20/h1-6,10,13H,7H2,(H,16,18). The van der Waals surface area contributed by atoms with Gasteiger partial charge >= 0.3 is 5.88 Å². The number of nitrogens with zero attached hydrogens (tertiary/aromatic N) is 1. The van der Waals surface area contributed by atoms with E-state index in [1.165, 1.54) is 17.7 Å². The molecule has 7 heteroatoms. The van der Waals surface area contributed by atoms with Crippen LogP contribution in [0.25, 0.3) is 0 Å². The maximum absolute atomic E-state index is 12.1. The van der Waals surface area contributed by atoms with Gasteiger partial charge in [-0.3, -0.25) is 14.9 Å². The van der Waals surface area contributed by atoms with E-state index in [0.717, 1.165) is 12.0 Å². The number of hydrogen-bond acceptors (Lipinski definition) is 4. The van der Waals surface area contributed by atoms with E-state index in [-0.39, 0.29) is 16.6 Å². The number of nitro groups is 1. The summed E-state index contributed by atoms with van der Waals surface area (Å²) in [6, 6.07) is 10.2. The summed E-state index contributed by atoms with van der Waals surface area (Å²) in [4.78, 5) is 22.1. The zero-order valence-corrected chi connectivity index (χ0v) is 12.4. The molecule has 21 heavy (non-hydrogen) atoms. The Labute approximate surface area is 128 Å². The molecule has 0 saturated carbocycles. The van der Waals surface area contributed by atoms with Gasteiger partial charge in [-0.25, -0.2) is 0 Å². The fourth-order valence-corrected chi connectivity index (χ4v) is 3.24. The van der Waals surface area contributed by atoms with Crippen molar-refractivity contribution < 1.29 is 14.1 Å². The number of carbonyl (C=O) groups excluding carboxylic acids is 1. The van der Waals surface area contributed by atoms with Crippen LogP contribution >= 0.6 is 15.9 Å². The van der Waals surface area contributed by atoms with Gasteiger partial charge < -0.3 is 9.73 Å². The first-order chi connectivity index (χ1) is 10.1. The molecule has 0 bridgehead atoms. The lowest BCUT2D eigenvalue weighted by atomic mass is 10.1. The lowest BCUT2D eigenvalue weighted by Crippen LogP contribution is -2.31. The summed E-state index contributed by atoms with van der Waals surface area (Å²) >= 11 is 3.56. The van der Waals surface area contributed by atoms with E-state index in [1.807, 2.05) is 24.3 Å². The summed E-state index contributed by atoms with van der Waals surface area (Å²) in [7, 11) is 0. The molecule has 0 fully saturated rings. The number of benzene rings is 1. The monoisotopic (exact) mass is 350 g/mol. The predicted molar refractivity (Wildman–Crippen MR) is 78.4 cm³/mol. The molecule has 1 N–H and O–H groups in total. The van der Waals surface area contributed by atoms with Gasteiger partial charge in [0, 0.05) is 4.83 Å². The van der Waals surface area contributed by atoms with E-state index in [2.05, 4.69) is 21.2 Å². The van der Waals surface area contributed by atoms with Crippen molar-refractivity contribution in [3.8, 4) is 0 Å². The highest BCUT2D eigenvalue weighted by Crippen LogP contribution is 2.36. The minimum absolute atomic E-state index is 0.0641. The van der Waals surface area contributed by atoms with Crippen LogP contribution in [0.1, 0.15) is 27.7 Å². The molecule has 2 aromatic rings. The molecule has 1 heterocycles. The molecule has 0 radical (unpaired) electrons. The molecule has 2 atom stereocenters. The van der Waals surface area contributed by atoms with Crippen molar-refractivity contribution in [2.45, 2.75) is 17.3 Å². The minimum atomic E-state index is -0.672. The molecular weight excluding hydrogens is 340 g/mol. The van der Waals surface area contributed by atoms with Crippen molar-refractivity contribution >= 4 is 27.7 Å². The lowest BCUT2D eigenvalue weighted by molar-refractivity contribution is -0.402. The fourth-order valence-electron chi connectivity index (χ4n) is 2.47. The average Bonchev–Trinajstić information content (AvgIpc) is 3.05. The van der Waals surface area contributed by atoms with Crippen LogP contribution in [-0.2, 0) is 6.42 Å². The predicted octanol–water partition coefficient (Wildman–Crippen LogP) is 2.98. The quantitative estimate of drug-likeness (QED) is 0.523. The Hall–Kier alpha value is -2.15.